The van der Waals surface area contributed by atoms with E-state index in [0.717, 1.165) is 6.54 Å². The van der Waals surface area contributed by atoms with Gasteiger partial charge in [0.1, 0.15) is 5.69 Å². The van der Waals surface area contributed by atoms with E-state index in [1.807, 2.05) is 0 Å². The Balaban J connectivity index is 2.12. The van der Waals surface area contributed by atoms with Crippen molar-refractivity contribution in [2.75, 3.05) is 19.8 Å². The van der Waals surface area contributed by atoms with E-state index < -0.39 is 5.67 Å². The third-order valence-electron chi connectivity index (χ3n) is 2.91. The molecule has 0 aromatic carbocycles. The van der Waals surface area contributed by atoms with Crippen molar-refractivity contribution in [3.8, 4) is 0 Å². The van der Waals surface area contributed by atoms with Crippen molar-refractivity contribution < 1.29 is 9.13 Å². The van der Waals surface area contributed by atoms with Crippen molar-refractivity contribution in [3.05, 3.63) is 10.3 Å². The Bertz CT molecular complexity index is 370. The Labute approximate surface area is 108 Å². The van der Waals surface area contributed by atoms with Crippen molar-refractivity contribution in [2.45, 2.75) is 25.1 Å². The fraction of sp³-hybridized carbons (Fsp3) is 0.800. The topological polar surface area (TPSA) is 52.0 Å². The maximum Gasteiger partial charge on any atom is 0.154 e. The molecule has 1 aromatic heterocycles. The number of morpholine rings is 1. The zero-order valence-corrected chi connectivity index (χ0v) is 11.5. The van der Waals surface area contributed by atoms with E-state index in [4.69, 9.17) is 4.74 Å². The molecule has 2 atom stereocenters. The lowest BCUT2D eigenvalue weighted by molar-refractivity contribution is 0.0450. The second kappa shape index (κ2) is 4.99. The molecule has 0 aliphatic carbocycles. The van der Waals surface area contributed by atoms with Gasteiger partial charge in [-0.05, 0) is 22.9 Å². The fourth-order valence-corrected chi connectivity index (χ4v) is 2.94. The molecule has 1 aliphatic heterocycles. The van der Waals surface area contributed by atoms with E-state index in [2.05, 4.69) is 31.6 Å². The molecule has 0 bridgehead atoms. The highest BCUT2D eigenvalue weighted by Gasteiger charge is 2.36. The summed E-state index contributed by atoms with van der Waals surface area (Å²) in [6.07, 6.45) is 0.340. The van der Waals surface area contributed by atoms with Gasteiger partial charge in [-0.15, -0.1) is 5.10 Å². The van der Waals surface area contributed by atoms with E-state index in [-0.39, 0.29) is 6.04 Å². The number of halogens is 2. The van der Waals surface area contributed by atoms with Crippen LogP contribution in [0.1, 0.15) is 19.0 Å². The lowest BCUT2D eigenvalue weighted by atomic mass is 9.95. The van der Waals surface area contributed by atoms with Crippen LogP contribution in [0.5, 0.6) is 0 Å². The first-order chi connectivity index (χ1) is 8.00. The highest BCUT2D eigenvalue weighted by atomic mass is 79.9. The number of hydrogen-bond donors (Lipinski definition) is 1. The van der Waals surface area contributed by atoms with Gasteiger partial charge in [0, 0.05) is 26.1 Å². The van der Waals surface area contributed by atoms with Crippen LogP contribution in [0, 0.1) is 0 Å². The number of nitrogens with one attached hydrogen (secondary N) is 1. The Morgan fingerprint density at radius 2 is 2.47 bits per heavy atom. The monoisotopic (exact) mass is 306 g/mol. The van der Waals surface area contributed by atoms with Crippen molar-refractivity contribution in [2.24, 2.45) is 7.05 Å². The van der Waals surface area contributed by atoms with Crippen molar-refractivity contribution in [3.63, 3.8) is 0 Å². The molecule has 2 unspecified atom stereocenters. The predicted molar refractivity (Wildman–Crippen MR) is 64.4 cm³/mol. The Hall–Kier alpha value is -0.530. The molecule has 1 aliphatic rings. The van der Waals surface area contributed by atoms with Crippen molar-refractivity contribution in [1.82, 2.24) is 20.3 Å². The van der Waals surface area contributed by atoms with E-state index >= 15 is 0 Å². The third kappa shape index (κ3) is 2.83. The molecule has 1 aromatic rings. The van der Waals surface area contributed by atoms with Gasteiger partial charge in [-0.2, -0.15) is 0 Å². The van der Waals surface area contributed by atoms with Gasteiger partial charge in [0.2, 0.25) is 0 Å². The standard InChI is InChI=1S/C10H16BrFN4O/c1-10(12,5-7-6-17-4-3-13-7)8-9(11)14-15-16(8)2/h7,13H,3-6H2,1-2H3. The van der Waals surface area contributed by atoms with E-state index in [1.165, 1.54) is 4.68 Å². The zero-order valence-electron chi connectivity index (χ0n) is 9.91. The van der Waals surface area contributed by atoms with Crippen molar-refractivity contribution >= 4 is 15.9 Å². The van der Waals surface area contributed by atoms with E-state index in [9.17, 15) is 4.39 Å². The first-order valence-corrected chi connectivity index (χ1v) is 6.36. The number of rotatable bonds is 3. The average Bonchev–Trinajstić information content (AvgIpc) is 2.59. The van der Waals surface area contributed by atoms with Crippen LogP contribution < -0.4 is 5.32 Å². The van der Waals surface area contributed by atoms with Crippen LogP contribution in [0.25, 0.3) is 0 Å². The normalized spacial score (nSPS) is 24.6. The lowest BCUT2D eigenvalue weighted by Crippen LogP contribution is -2.44. The summed E-state index contributed by atoms with van der Waals surface area (Å²) in [6, 6.07) is 0.0283. The SMILES string of the molecule is Cn1nnc(Br)c1C(C)(F)CC1COCCN1. The maximum absolute atomic E-state index is 14.7. The van der Waals surface area contributed by atoms with Crippen LogP contribution in [0.4, 0.5) is 4.39 Å². The first kappa shape index (κ1) is 12.9. The van der Waals surface area contributed by atoms with Crippen LogP contribution >= 0.6 is 15.9 Å². The van der Waals surface area contributed by atoms with Gasteiger partial charge in [-0.3, -0.25) is 0 Å². The van der Waals surface area contributed by atoms with Gasteiger partial charge < -0.3 is 10.1 Å². The second-order valence-corrected chi connectivity index (χ2v) is 5.23. The first-order valence-electron chi connectivity index (χ1n) is 5.56. The Morgan fingerprint density at radius 3 is 3.00 bits per heavy atom. The number of nitrogens with zero attached hydrogens (tertiary/aromatic N) is 3. The van der Waals surface area contributed by atoms with Gasteiger partial charge in [0.15, 0.2) is 10.3 Å². The summed E-state index contributed by atoms with van der Waals surface area (Å²) in [7, 11) is 1.69. The summed E-state index contributed by atoms with van der Waals surface area (Å²) in [5, 5.41) is 10.9. The summed E-state index contributed by atoms with van der Waals surface area (Å²) in [5.74, 6) is 0. The molecule has 0 saturated carbocycles. The second-order valence-electron chi connectivity index (χ2n) is 4.48. The van der Waals surface area contributed by atoms with Gasteiger partial charge in [-0.1, -0.05) is 5.21 Å². The largest absolute Gasteiger partial charge is 0.379 e. The molecular weight excluding hydrogens is 291 g/mol. The molecule has 7 heteroatoms. The smallest absolute Gasteiger partial charge is 0.154 e. The third-order valence-corrected chi connectivity index (χ3v) is 3.44. The quantitative estimate of drug-likeness (QED) is 0.910. The minimum atomic E-state index is -1.49. The summed E-state index contributed by atoms with van der Waals surface area (Å²) in [6.45, 7) is 3.55. The zero-order chi connectivity index (χ0) is 12.5. The fourth-order valence-electron chi connectivity index (χ4n) is 2.19. The maximum atomic E-state index is 14.7. The number of ether oxygens (including phenoxy) is 1. The van der Waals surface area contributed by atoms with E-state index in [0.29, 0.717) is 29.9 Å². The number of aryl methyl sites for hydroxylation is 1. The van der Waals surface area contributed by atoms with Gasteiger partial charge in [0.25, 0.3) is 0 Å². The van der Waals surface area contributed by atoms with Crippen LogP contribution in [0.15, 0.2) is 4.60 Å². The minimum Gasteiger partial charge on any atom is -0.379 e. The van der Waals surface area contributed by atoms with Gasteiger partial charge >= 0.3 is 0 Å². The van der Waals surface area contributed by atoms with Gasteiger partial charge in [0.05, 0.1) is 13.2 Å². The molecular formula is C10H16BrFN4O. The molecule has 2 heterocycles. The summed E-state index contributed by atoms with van der Waals surface area (Å²) in [5.41, 5.74) is -1.03. The van der Waals surface area contributed by atoms with E-state index in [1.54, 1.807) is 14.0 Å². The highest BCUT2D eigenvalue weighted by Crippen LogP contribution is 2.34. The van der Waals surface area contributed by atoms with Crippen LogP contribution in [-0.2, 0) is 17.5 Å². The molecule has 5 nitrogen and oxygen atoms in total. The molecule has 1 fully saturated rings. The van der Waals surface area contributed by atoms with Crippen LogP contribution in [0.2, 0.25) is 0 Å². The molecule has 96 valence electrons. The summed E-state index contributed by atoms with van der Waals surface area (Å²) < 4.78 is 22.0. The minimum absolute atomic E-state index is 0.0283. The number of aromatic nitrogens is 3. The molecule has 2 rings (SSSR count). The molecule has 1 N–H and O–H groups in total. The van der Waals surface area contributed by atoms with Crippen molar-refractivity contribution in [1.29, 1.82) is 0 Å². The van der Waals surface area contributed by atoms with Crippen LogP contribution in [0.3, 0.4) is 0 Å². The highest BCUT2D eigenvalue weighted by molar-refractivity contribution is 9.10. The molecule has 0 amide bonds. The summed E-state index contributed by atoms with van der Waals surface area (Å²) >= 11 is 3.23. The Morgan fingerprint density at radius 1 is 1.71 bits per heavy atom. The van der Waals surface area contributed by atoms with Gasteiger partial charge in [-0.25, -0.2) is 9.07 Å². The average molecular weight is 307 g/mol. The predicted octanol–water partition coefficient (Wildman–Crippen LogP) is 1.14. The Kier molecular flexibility index (Phi) is 3.79. The summed E-state index contributed by atoms with van der Waals surface area (Å²) in [4.78, 5) is 0. The molecule has 17 heavy (non-hydrogen) atoms. The molecule has 1 saturated heterocycles. The molecule has 0 spiro atoms. The molecule has 0 radical (unpaired) electrons. The number of alkyl halides is 1. The number of hydrogen-bond acceptors (Lipinski definition) is 4. The lowest BCUT2D eigenvalue weighted by Gasteiger charge is -2.29. The van der Waals surface area contributed by atoms with Crippen LogP contribution in [-0.4, -0.2) is 40.8 Å².